The van der Waals surface area contributed by atoms with Crippen LogP contribution in [-0.4, -0.2) is 0 Å². The van der Waals surface area contributed by atoms with Gasteiger partial charge in [-0.3, -0.25) is 0 Å². The lowest BCUT2D eigenvalue weighted by atomic mass is 10.2. The molecule has 0 amide bonds. The van der Waals surface area contributed by atoms with Crippen LogP contribution in [0.1, 0.15) is 5.56 Å². The Balaban J connectivity index is 3.03. The molecule has 0 atom stereocenters. The van der Waals surface area contributed by atoms with Gasteiger partial charge in [0.25, 0.3) is 0 Å². The molecule has 0 heterocycles. The SMILES string of the molecule is ClC#Cc1cccc(Br)c1. The smallest absolute Gasteiger partial charge is 0.0269 e. The van der Waals surface area contributed by atoms with Crippen molar-refractivity contribution in [2.75, 3.05) is 0 Å². The van der Waals surface area contributed by atoms with Crippen molar-refractivity contribution in [3.8, 4) is 11.3 Å². The molecule has 2 heteroatoms. The van der Waals surface area contributed by atoms with E-state index in [1.165, 1.54) is 0 Å². The lowest BCUT2D eigenvalue weighted by Crippen LogP contribution is -1.70. The number of benzene rings is 1. The van der Waals surface area contributed by atoms with Crippen molar-refractivity contribution in [3.63, 3.8) is 0 Å². The summed E-state index contributed by atoms with van der Waals surface area (Å²) in [6, 6.07) is 7.68. The van der Waals surface area contributed by atoms with Gasteiger partial charge in [0, 0.05) is 15.4 Å². The van der Waals surface area contributed by atoms with Crippen molar-refractivity contribution in [3.05, 3.63) is 34.3 Å². The van der Waals surface area contributed by atoms with Crippen LogP contribution in [0.25, 0.3) is 0 Å². The molecule has 50 valence electrons. The quantitative estimate of drug-likeness (QED) is 0.584. The lowest BCUT2D eigenvalue weighted by Gasteiger charge is -1.88. The zero-order chi connectivity index (χ0) is 7.40. The summed E-state index contributed by atoms with van der Waals surface area (Å²) in [5.74, 6) is 2.73. The van der Waals surface area contributed by atoms with E-state index in [2.05, 4.69) is 27.2 Å². The van der Waals surface area contributed by atoms with Crippen LogP contribution in [0, 0.1) is 11.3 Å². The van der Waals surface area contributed by atoms with Crippen LogP contribution in [0.3, 0.4) is 0 Å². The third-order valence-electron chi connectivity index (χ3n) is 1.02. The average Bonchev–Trinajstić information content (AvgIpc) is 1.88. The van der Waals surface area contributed by atoms with E-state index in [4.69, 9.17) is 11.6 Å². The summed E-state index contributed by atoms with van der Waals surface area (Å²) < 4.78 is 1.02. The Labute approximate surface area is 73.3 Å². The van der Waals surface area contributed by atoms with Gasteiger partial charge in [0.2, 0.25) is 0 Å². The van der Waals surface area contributed by atoms with E-state index in [0.29, 0.717) is 0 Å². The molecule has 0 saturated carbocycles. The topological polar surface area (TPSA) is 0 Å². The van der Waals surface area contributed by atoms with Crippen LogP contribution in [0.4, 0.5) is 0 Å². The molecule has 0 fully saturated rings. The van der Waals surface area contributed by atoms with Crippen molar-refractivity contribution < 1.29 is 0 Å². The number of hydrogen-bond donors (Lipinski definition) is 0. The van der Waals surface area contributed by atoms with Gasteiger partial charge in [-0.05, 0) is 35.7 Å². The van der Waals surface area contributed by atoms with E-state index in [1.807, 2.05) is 24.3 Å². The molecule has 0 spiro atoms. The standard InChI is InChI=1S/C8H4BrCl/c9-8-3-1-2-7(6-8)4-5-10/h1-3,6H. The number of halogens is 2. The normalized spacial score (nSPS) is 8.20. The molecule has 0 aliphatic carbocycles. The third-order valence-corrected chi connectivity index (χ3v) is 1.60. The highest BCUT2D eigenvalue weighted by atomic mass is 79.9. The van der Waals surface area contributed by atoms with Gasteiger partial charge in [-0.25, -0.2) is 0 Å². The van der Waals surface area contributed by atoms with E-state index in [-0.39, 0.29) is 0 Å². The van der Waals surface area contributed by atoms with Crippen LogP contribution in [0.2, 0.25) is 0 Å². The highest BCUT2D eigenvalue weighted by molar-refractivity contribution is 9.10. The molecule has 1 aromatic rings. The fourth-order valence-corrected chi connectivity index (χ4v) is 1.13. The van der Waals surface area contributed by atoms with Crippen molar-refractivity contribution in [1.29, 1.82) is 0 Å². The molecule has 0 aliphatic rings. The Morgan fingerprint density at radius 2 is 2.20 bits per heavy atom. The number of rotatable bonds is 0. The zero-order valence-electron chi connectivity index (χ0n) is 5.07. The van der Waals surface area contributed by atoms with Gasteiger partial charge < -0.3 is 0 Å². The maximum absolute atomic E-state index is 5.21. The maximum atomic E-state index is 5.21. The summed E-state index contributed by atoms with van der Waals surface area (Å²) in [5.41, 5.74) is 0.921. The third kappa shape index (κ3) is 2.06. The molecule has 0 saturated heterocycles. The van der Waals surface area contributed by atoms with E-state index in [0.717, 1.165) is 10.0 Å². The first-order valence-electron chi connectivity index (χ1n) is 2.70. The van der Waals surface area contributed by atoms with Gasteiger partial charge >= 0.3 is 0 Å². The molecule has 1 rings (SSSR count). The van der Waals surface area contributed by atoms with Crippen LogP contribution in [-0.2, 0) is 0 Å². The van der Waals surface area contributed by atoms with E-state index < -0.39 is 0 Å². The fourth-order valence-electron chi connectivity index (χ4n) is 0.621. The summed E-state index contributed by atoms with van der Waals surface area (Å²) in [5, 5.41) is 2.31. The minimum atomic E-state index is 0.921. The molecule has 1 aromatic carbocycles. The Morgan fingerprint density at radius 1 is 1.40 bits per heavy atom. The lowest BCUT2D eigenvalue weighted by molar-refractivity contribution is 1.60. The Kier molecular flexibility index (Phi) is 2.80. The largest absolute Gasteiger partial charge is 0.0599 e. The summed E-state index contributed by atoms with van der Waals surface area (Å²) in [4.78, 5) is 0. The van der Waals surface area contributed by atoms with Gasteiger partial charge in [-0.15, -0.1) is 0 Å². The predicted octanol–water partition coefficient (Wildman–Crippen LogP) is 3.00. The molecular formula is C8H4BrCl. The highest BCUT2D eigenvalue weighted by Crippen LogP contribution is 2.10. The summed E-state index contributed by atoms with van der Waals surface area (Å²) in [6.45, 7) is 0. The van der Waals surface area contributed by atoms with Crippen molar-refractivity contribution >= 4 is 27.5 Å². The van der Waals surface area contributed by atoms with Gasteiger partial charge in [0.1, 0.15) is 0 Å². The minimum absolute atomic E-state index is 0.921. The van der Waals surface area contributed by atoms with Crippen LogP contribution >= 0.6 is 27.5 Å². The highest BCUT2D eigenvalue weighted by Gasteiger charge is 1.86. The zero-order valence-corrected chi connectivity index (χ0v) is 7.41. The second-order valence-electron chi connectivity index (χ2n) is 1.73. The first-order valence-corrected chi connectivity index (χ1v) is 3.87. The second-order valence-corrected chi connectivity index (χ2v) is 2.83. The molecule has 10 heavy (non-hydrogen) atoms. The van der Waals surface area contributed by atoms with Gasteiger partial charge in [0.15, 0.2) is 0 Å². The second kappa shape index (κ2) is 3.65. The molecule has 0 bridgehead atoms. The van der Waals surface area contributed by atoms with E-state index >= 15 is 0 Å². The van der Waals surface area contributed by atoms with Crippen LogP contribution in [0.15, 0.2) is 28.7 Å². The monoisotopic (exact) mass is 214 g/mol. The molecule has 0 radical (unpaired) electrons. The molecule has 0 aliphatic heterocycles. The Bertz CT molecular complexity index is 283. The number of hydrogen-bond acceptors (Lipinski definition) is 0. The van der Waals surface area contributed by atoms with Gasteiger partial charge in [-0.2, -0.15) is 0 Å². The van der Waals surface area contributed by atoms with Crippen molar-refractivity contribution in [2.24, 2.45) is 0 Å². The molecule has 0 unspecified atom stereocenters. The summed E-state index contributed by atoms with van der Waals surface area (Å²) in [6.07, 6.45) is 0. The van der Waals surface area contributed by atoms with Crippen molar-refractivity contribution in [2.45, 2.75) is 0 Å². The Hall–Kier alpha value is -0.450. The fraction of sp³-hybridized carbons (Fsp3) is 0. The Morgan fingerprint density at radius 3 is 2.80 bits per heavy atom. The summed E-state index contributed by atoms with van der Waals surface area (Å²) >= 11 is 8.53. The van der Waals surface area contributed by atoms with Gasteiger partial charge in [-0.1, -0.05) is 22.0 Å². The maximum Gasteiger partial charge on any atom is 0.0269 e. The molecular weight excluding hydrogens is 211 g/mol. The van der Waals surface area contributed by atoms with Crippen molar-refractivity contribution in [1.82, 2.24) is 0 Å². The molecule has 0 aromatic heterocycles. The van der Waals surface area contributed by atoms with E-state index in [9.17, 15) is 0 Å². The first-order chi connectivity index (χ1) is 4.83. The van der Waals surface area contributed by atoms with Crippen LogP contribution in [0.5, 0.6) is 0 Å². The molecule has 0 nitrogen and oxygen atoms in total. The van der Waals surface area contributed by atoms with Gasteiger partial charge in [0.05, 0.1) is 0 Å². The molecule has 0 N–H and O–H groups in total. The summed E-state index contributed by atoms with van der Waals surface area (Å²) in [7, 11) is 0. The van der Waals surface area contributed by atoms with E-state index in [1.54, 1.807) is 0 Å². The van der Waals surface area contributed by atoms with Crippen LogP contribution < -0.4 is 0 Å². The first kappa shape index (κ1) is 7.65. The average molecular weight is 215 g/mol. The predicted molar refractivity (Wildman–Crippen MR) is 46.9 cm³/mol. The minimum Gasteiger partial charge on any atom is -0.0599 e.